The Hall–Kier alpha value is -6.84. The topological polar surface area (TPSA) is 153 Å². The summed E-state index contributed by atoms with van der Waals surface area (Å²) < 4.78 is 96.0. The molecular weight excluding hydrogens is 823 g/mol. The highest BCUT2D eigenvalue weighted by Gasteiger charge is 2.43. The zero-order chi connectivity index (χ0) is 43.2. The number of imidazole rings is 1. The summed E-state index contributed by atoms with van der Waals surface area (Å²) in [6.07, 6.45) is -3.57. The molecule has 3 aliphatic rings. The molecule has 0 radical (unpaired) electrons. The van der Waals surface area contributed by atoms with Gasteiger partial charge < -0.3 is 33.9 Å². The number of nitrogens with one attached hydrogen (secondary N) is 1. The van der Waals surface area contributed by atoms with Crippen molar-refractivity contribution in [1.82, 2.24) is 53.9 Å². The fourth-order valence-electron chi connectivity index (χ4n) is 8.72. The van der Waals surface area contributed by atoms with Crippen LogP contribution in [-0.4, -0.2) is 112 Å². The van der Waals surface area contributed by atoms with Gasteiger partial charge in [0.25, 0.3) is 0 Å². The number of aryl methyl sites for hydroxylation is 1. The number of hydrogen-bond acceptors (Lipinski definition) is 12. The van der Waals surface area contributed by atoms with Crippen LogP contribution in [0.15, 0.2) is 54.7 Å². The van der Waals surface area contributed by atoms with Crippen LogP contribution in [0.25, 0.3) is 39.0 Å². The largest absolute Gasteiger partial charge is 0.451 e. The van der Waals surface area contributed by atoms with E-state index in [9.17, 15) is 22.4 Å². The van der Waals surface area contributed by atoms with Crippen LogP contribution in [0.3, 0.4) is 0 Å². The molecule has 320 valence electrons. The zero-order valence-corrected chi connectivity index (χ0v) is 33.3. The second kappa shape index (κ2) is 14.7. The average Bonchev–Trinajstić information content (AvgIpc) is 4.03. The lowest BCUT2D eigenvalue weighted by Crippen LogP contribution is -2.47. The van der Waals surface area contributed by atoms with Crippen molar-refractivity contribution in [2.24, 2.45) is 0 Å². The Balaban J connectivity index is 1.10. The fourth-order valence-corrected chi connectivity index (χ4v) is 8.72. The van der Waals surface area contributed by atoms with Crippen LogP contribution in [0.5, 0.6) is 0 Å². The van der Waals surface area contributed by atoms with Gasteiger partial charge in [-0.2, -0.15) is 28.2 Å². The number of ether oxygens (including phenoxy) is 1. The number of fused-ring (bicyclic) bond motifs is 7. The van der Waals surface area contributed by atoms with Crippen molar-refractivity contribution in [3.63, 3.8) is 0 Å². The minimum atomic E-state index is -4.72. The number of methoxy groups -OCH3 is 1. The van der Waals surface area contributed by atoms with Crippen molar-refractivity contribution in [1.29, 1.82) is 0 Å². The number of nitrogens with zero attached hydrogens (tertiary/aromatic N) is 13. The molecule has 0 spiro atoms. The summed E-state index contributed by atoms with van der Waals surface area (Å²) >= 11 is 0. The van der Waals surface area contributed by atoms with E-state index >= 15 is 8.78 Å². The third-order valence-corrected chi connectivity index (χ3v) is 11.6. The highest BCUT2D eigenvalue weighted by molar-refractivity contribution is 5.94. The van der Waals surface area contributed by atoms with E-state index in [1.165, 1.54) is 29.1 Å². The molecule has 3 aliphatic heterocycles. The molecule has 3 atom stereocenters. The van der Waals surface area contributed by atoms with Gasteiger partial charge in [0.15, 0.2) is 17.3 Å². The molecule has 10 rings (SSSR count). The molecule has 1 amide bonds. The molecule has 62 heavy (non-hydrogen) atoms. The molecule has 4 bridgehead atoms. The van der Waals surface area contributed by atoms with Crippen molar-refractivity contribution in [2.45, 2.75) is 57.3 Å². The number of benzene rings is 2. The van der Waals surface area contributed by atoms with Crippen LogP contribution in [0.1, 0.15) is 23.9 Å². The fraction of sp³-hybridized carbons (Fsp3) is 0.350. The first kappa shape index (κ1) is 39.3. The minimum Gasteiger partial charge on any atom is -0.378 e. The maximum atomic E-state index is 15.4. The Morgan fingerprint density at radius 3 is 2.53 bits per heavy atom. The van der Waals surface area contributed by atoms with Gasteiger partial charge in [-0.25, -0.2) is 27.8 Å². The van der Waals surface area contributed by atoms with Gasteiger partial charge in [-0.3, -0.25) is 4.79 Å². The van der Waals surface area contributed by atoms with Crippen molar-refractivity contribution < 1.29 is 35.9 Å². The number of alkyl halides is 3. The predicted octanol–water partition coefficient (Wildman–Crippen LogP) is 5.13. The summed E-state index contributed by atoms with van der Waals surface area (Å²) in [5, 5.41) is 15.4. The Labute approximate surface area is 347 Å². The van der Waals surface area contributed by atoms with Crippen LogP contribution in [0.2, 0.25) is 0 Å². The molecule has 22 heteroatoms. The second-order valence-electron chi connectivity index (χ2n) is 15.6. The minimum absolute atomic E-state index is 0.0174. The van der Waals surface area contributed by atoms with Gasteiger partial charge in [0, 0.05) is 64.1 Å². The van der Waals surface area contributed by atoms with Gasteiger partial charge >= 0.3 is 6.18 Å². The van der Waals surface area contributed by atoms with Crippen LogP contribution in [0.4, 0.5) is 43.9 Å². The highest BCUT2D eigenvalue weighted by Crippen LogP contribution is 2.37. The number of anilines is 3. The van der Waals surface area contributed by atoms with E-state index < -0.39 is 47.6 Å². The highest BCUT2D eigenvalue weighted by atomic mass is 19.4. The molecule has 1 N–H and O–H groups in total. The van der Waals surface area contributed by atoms with Crippen LogP contribution >= 0.6 is 0 Å². The summed E-state index contributed by atoms with van der Waals surface area (Å²) in [6, 6.07) is 9.88. The lowest BCUT2D eigenvalue weighted by Gasteiger charge is -2.32. The molecule has 1 unspecified atom stereocenters. The molecule has 8 heterocycles. The smallest absolute Gasteiger partial charge is 0.378 e. The molecule has 5 aromatic heterocycles. The first-order chi connectivity index (χ1) is 29.7. The number of aromatic nitrogens is 10. The standard InChI is InChI=1S/C40H36F6N14O2/c1-20-48-29-13-22(42)11-25-28-5-4-6-32(50-28)49-23-14-31(37(61)55(2)17-24(62-3)18-58(20)34(25)29)59(16-23)35-26-15-47-60(30-8-7-21(41)12-27(30)43)36(26)52-39(51-35)56-9-10-57-33(19-56)53-54-38(57)40(44,45)46/h4-8,11-13,15,23-24,31H,9-10,14,16-19H2,1-3H3,(H,49,50)/t23?,24-,31-/m0/s1. The normalized spacial score (nSPS) is 19.5. The van der Waals surface area contributed by atoms with Crippen LogP contribution in [0, 0.1) is 24.4 Å². The molecular formula is C40H36F6N14O2. The maximum Gasteiger partial charge on any atom is 0.451 e. The quantitative estimate of drug-likeness (QED) is 0.234. The summed E-state index contributed by atoms with van der Waals surface area (Å²) in [5.74, 6) is -2.22. The molecule has 0 aliphatic carbocycles. The first-order valence-corrected chi connectivity index (χ1v) is 19.6. The van der Waals surface area contributed by atoms with Crippen LogP contribution < -0.4 is 15.1 Å². The number of carbonyl (C=O) groups excluding carboxylic acids is 1. The number of amides is 1. The molecule has 16 nitrogen and oxygen atoms in total. The third kappa shape index (κ3) is 6.68. The molecule has 7 aromatic rings. The van der Waals surface area contributed by atoms with Gasteiger partial charge in [-0.1, -0.05) is 6.07 Å². The SMILES string of the molecule is CO[C@H]1CN(C)C(=O)[C@@H]2CC(CN2c2nc(N3CCn4c(nnc4C(F)(F)F)C3)nc3c2cnn3-c2ccc(F)cc2F)Nc2cccc(n2)-c2cc(F)cc3nc(C)n(c23)C1. The summed E-state index contributed by atoms with van der Waals surface area (Å²) in [6.45, 7) is 2.15. The molecule has 1 fully saturated rings. The Bertz CT molecular complexity index is 2910. The van der Waals surface area contributed by atoms with Gasteiger partial charge in [0.2, 0.25) is 17.7 Å². The van der Waals surface area contributed by atoms with Crippen molar-refractivity contribution in [3.05, 3.63) is 89.7 Å². The van der Waals surface area contributed by atoms with E-state index in [0.717, 1.165) is 10.6 Å². The Morgan fingerprint density at radius 1 is 0.903 bits per heavy atom. The first-order valence-electron chi connectivity index (χ1n) is 19.6. The lowest BCUT2D eigenvalue weighted by molar-refractivity contribution is -0.147. The Morgan fingerprint density at radius 2 is 1.74 bits per heavy atom. The average molecular weight is 859 g/mol. The number of likely N-dealkylation sites (N-methyl/N-ethyl adjacent to an activating group) is 1. The van der Waals surface area contributed by atoms with Gasteiger partial charge in [0.1, 0.15) is 40.8 Å². The van der Waals surface area contributed by atoms with Crippen molar-refractivity contribution >= 4 is 45.6 Å². The summed E-state index contributed by atoms with van der Waals surface area (Å²) in [7, 11) is 3.22. The summed E-state index contributed by atoms with van der Waals surface area (Å²) in [4.78, 5) is 39.1. The number of pyridine rings is 1. The molecule has 1 saturated heterocycles. The van der Waals surface area contributed by atoms with Crippen molar-refractivity contribution in [3.8, 4) is 16.9 Å². The van der Waals surface area contributed by atoms with Crippen LogP contribution in [-0.2, 0) is 35.3 Å². The van der Waals surface area contributed by atoms with Gasteiger partial charge in [-0.15, -0.1) is 10.2 Å². The number of halogens is 6. The van der Waals surface area contributed by atoms with E-state index in [4.69, 9.17) is 19.7 Å². The summed E-state index contributed by atoms with van der Waals surface area (Å²) in [5.41, 5.74) is 2.12. The van der Waals surface area contributed by atoms with E-state index in [-0.39, 0.29) is 80.5 Å². The van der Waals surface area contributed by atoms with E-state index in [0.29, 0.717) is 45.4 Å². The third-order valence-electron chi connectivity index (χ3n) is 11.6. The van der Waals surface area contributed by atoms with Crippen molar-refractivity contribution in [2.75, 3.05) is 48.9 Å². The molecule has 2 aromatic carbocycles. The number of hydrogen-bond donors (Lipinski definition) is 1. The molecule has 0 saturated carbocycles. The second-order valence-corrected chi connectivity index (χ2v) is 15.6. The van der Waals surface area contributed by atoms with E-state index in [2.05, 4.69) is 25.6 Å². The van der Waals surface area contributed by atoms with E-state index in [1.807, 2.05) is 11.5 Å². The lowest BCUT2D eigenvalue weighted by atomic mass is 10.1. The Kier molecular flexibility index (Phi) is 9.30. The number of carbonyl (C=O) groups is 1. The maximum absolute atomic E-state index is 15.4. The van der Waals surface area contributed by atoms with Gasteiger partial charge in [-0.05, 0) is 43.7 Å². The number of rotatable bonds is 4. The van der Waals surface area contributed by atoms with E-state index in [1.54, 1.807) is 47.1 Å². The predicted molar refractivity (Wildman–Crippen MR) is 212 cm³/mol. The monoisotopic (exact) mass is 858 g/mol. The van der Waals surface area contributed by atoms with Gasteiger partial charge in [0.05, 0.1) is 47.5 Å². The zero-order valence-electron chi connectivity index (χ0n) is 33.3.